The second kappa shape index (κ2) is 14.4. The molecular formula is C28H32N4O6S2. The summed E-state index contributed by atoms with van der Waals surface area (Å²) < 4.78 is 38.1. The second-order valence-corrected chi connectivity index (χ2v) is 10.9. The van der Waals surface area contributed by atoms with Gasteiger partial charge >= 0.3 is 16.4 Å². The number of nitrogens with zero attached hydrogens (tertiary/aromatic N) is 1. The third-order valence-electron chi connectivity index (χ3n) is 5.86. The molecule has 0 aliphatic rings. The molecule has 212 valence electrons. The molecule has 0 radical (unpaired) electrons. The van der Waals surface area contributed by atoms with Crippen molar-refractivity contribution in [2.75, 3.05) is 11.8 Å². The highest BCUT2D eigenvalue weighted by molar-refractivity contribution is 7.87. The molecule has 3 aromatic rings. The molecule has 0 unspecified atom stereocenters. The van der Waals surface area contributed by atoms with Crippen LogP contribution in [0, 0.1) is 0 Å². The SMILES string of the molecule is C/C=C(\N=C(/C)c1cccs1)[C@H](Cc1ccc(NS(=O)(=O)O)cc1)NC(=O)[C@H](Cc1ccccc1)NC(=O)OC. The molecule has 1 heterocycles. The molecule has 0 saturated heterocycles. The van der Waals surface area contributed by atoms with Crippen LogP contribution >= 0.6 is 11.3 Å². The van der Waals surface area contributed by atoms with Crippen molar-refractivity contribution >= 4 is 45.0 Å². The second-order valence-electron chi connectivity index (χ2n) is 8.81. The number of thiophene rings is 1. The molecule has 40 heavy (non-hydrogen) atoms. The van der Waals surface area contributed by atoms with E-state index in [1.807, 2.05) is 72.5 Å². The molecule has 0 fully saturated rings. The molecule has 0 saturated carbocycles. The van der Waals surface area contributed by atoms with Crippen molar-refractivity contribution in [2.24, 2.45) is 4.99 Å². The highest BCUT2D eigenvalue weighted by atomic mass is 32.2. The first-order valence-electron chi connectivity index (χ1n) is 12.4. The fraction of sp³-hybridized carbons (Fsp3) is 0.250. The molecule has 10 nitrogen and oxygen atoms in total. The molecule has 2 atom stereocenters. The van der Waals surface area contributed by atoms with Gasteiger partial charge in [-0.05, 0) is 55.0 Å². The Morgan fingerprint density at radius 2 is 1.62 bits per heavy atom. The summed E-state index contributed by atoms with van der Waals surface area (Å²) >= 11 is 1.55. The molecular weight excluding hydrogens is 552 g/mol. The molecule has 12 heteroatoms. The Bertz CT molecular complexity index is 1440. The van der Waals surface area contributed by atoms with E-state index in [2.05, 4.69) is 10.6 Å². The lowest BCUT2D eigenvalue weighted by Crippen LogP contribution is -2.51. The van der Waals surface area contributed by atoms with Gasteiger partial charge in [0.05, 0.1) is 30.2 Å². The maximum absolute atomic E-state index is 13.6. The van der Waals surface area contributed by atoms with E-state index in [1.165, 1.54) is 19.2 Å². The van der Waals surface area contributed by atoms with Crippen molar-refractivity contribution < 1.29 is 27.3 Å². The summed E-state index contributed by atoms with van der Waals surface area (Å²) in [4.78, 5) is 31.5. The van der Waals surface area contributed by atoms with Gasteiger partial charge in [-0.2, -0.15) is 8.42 Å². The van der Waals surface area contributed by atoms with E-state index in [9.17, 15) is 18.0 Å². The number of hydrogen-bond donors (Lipinski definition) is 4. The topological polar surface area (TPSA) is 146 Å². The summed E-state index contributed by atoms with van der Waals surface area (Å²) in [7, 11) is -3.17. The lowest BCUT2D eigenvalue weighted by atomic mass is 10.0. The van der Waals surface area contributed by atoms with Crippen LogP contribution in [0.3, 0.4) is 0 Å². The minimum Gasteiger partial charge on any atom is -0.453 e. The number of nitrogens with one attached hydrogen (secondary N) is 3. The number of hydrogen-bond acceptors (Lipinski definition) is 7. The lowest BCUT2D eigenvalue weighted by Gasteiger charge is -2.24. The van der Waals surface area contributed by atoms with Crippen molar-refractivity contribution in [3.63, 3.8) is 0 Å². The van der Waals surface area contributed by atoms with Crippen LogP contribution in [0.2, 0.25) is 0 Å². The van der Waals surface area contributed by atoms with Crippen LogP contribution in [0.4, 0.5) is 10.5 Å². The number of ether oxygens (including phenoxy) is 1. The number of carbonyl (C=O) groups excluding carboxylic acids is 2. The van der Waals surface area contributed by atoms with Crippen molar-refractivity contribution in [3.05, 3.63) is 99.9 Å². The standard InChI is InChI=1S/C28H32N4O6S2/c1-4-23(29-19(2)26-11-8-16-39-26)24(17-21-12-14-22(15-13-21)32-40(35,36)37)30-27(33)25(31-28(34)38-3)18-20-9-6-5-7-10-20/h4-16,24-25,32H,17-18H2,1-3H3,(H,30,33)(H,31,34)(H,35,36,37)/b23-4-,29-19+/t24-,25-/m0/s1. The van der Waals surface area contributed by atoms with Gasteiger partial charge in [-0.3, -0.25) is 19.1 Å². The molecule has 2 amide bonds. The molecule has 4 N–H and O–H groups in total. The van der Waals surface area contributed by atoms with Gasteiger partial charge in [-0.1, -0.05) is 54.6 Å². The van der Waals surface area contributed by atoms with Crippen molar-refractivity contribution in [3.8, 4) is 0 Å². The van der Waals surface area contributed by atoms with E-state index >= 15 is 0 Å². The monoisotopic (exact) mass is 584 g/mol. The predicted octanol–water partition coefficient (Wildman–Crippen LogP) is 4.37. The van der Waals surface area contributed by atoms with Crippen LogP contribution in [0.25, 0.3) is 0 Å². The number of methoxy groups -OCH3 is 1. The maximum atomic E-state index is 13.6. The fourth-order valence-electron chi connectivity index (χ4n) is 3.93. The Balaban J connectivity index is 1.91. The molecule has 3 rings (SSSR count). The van der Waals surface area contributed by atoms with Gasteiger partial charge in [-0.25, -0.2) is 4.79 Å². The molecule has 0 aliphatic heterocycles. The number of rotatable bonds is 12. The quantitative estimate of drug-likeness (QED) is 0.184. The zero-order valence-corrected chi connectivity index (χ0v) is 24.0. The van der Waals surface area contributed by atoms with Gasteiger partial charge < -0.3 is 15.4 Å². The van der Waals surface area contributed by atoms with Crippen LogP contribution < -0.4 is 15.4 Å². The van der Waals surface area contributed by atoms with Crippen molar-refractivity contribution in [1.29, 1.82) is 0 Å². The van der Waals surface area contributed by atoms with E-state index in [-0.39, 0.29) is 12.1 Å². The summed E-state index contributed by atoms with van der Waals surface area (Å²) in [6.07, 6.45) is 1.64. The molecule has 0 aliphatic carbocycles. The largest absolute Gasteiger partial charge is 0.453 e. The highest BCUT2D eigenvalue weighted by Gasteiger charge is 2.26. The number of alkyl carbamates (subject to hydrolysis) is 1. The van der Waals surface area contributed by atoms with Crippen molar-refractivity contribution in [2.45, 2.75) is 38.8 Å². The minimum absolute atomic E-state index is 0.190. The van der Waals surface area contributed by atoms with E-state index in [4.69, 9.17) is 14.3 Å². The van der Waals surface area contributed by atoms with Gasteiger partial charge in [0, 0.05) is 11.3 Å². The van der Waals surface area contributed by atoms with Crippen LogP contribution in [0.15, 0.2) is 88.9 Å². The third-order valence-corrected chi connectivity index (χ3v) is 7.33. The van der Waals surface area contributed by atoms with Gasteiger partial charge in [0.25, 0.3) is 0 Å². The zero-order chi connectivity index (χ0) is 29.1. The number of allylic oxidation sites excluding steroid dienone is 1. The summed E-state index contributed by atoms with van der Waals surface area (Å²) in [6.45, 7) is 3.72. The van der Waals surface area contributed by atoms with E-state index in [0.717, 1.165) is 21.7 Å². The molecule has 0 bridgehead atoms. The Morgan fingerprint density at radius 3 is 2.20 bits per heavy atom. The Labute approximate surface area is 238 Å². The summed E-state index contributed by atoms with van der Waals surface area (Å²) in [5.41, 5.74) is 3.21. The van der Waals surface area contributed by atoms with Crippen molar-refractivity contribution in [1.82, 2.24) is 10.6 Å². The number of aliphatic imine (C=N–C) groups is 1. The van der Waals surface area contributed by atoms with Crippen LogP contribution in [0.1, 0.15) is 29.9 Å². The van der Waals surface area contributed by atoms with E-state index < -0.39 is 34.4 Å². The first kappa shape index (κ1) is 30.5. The number of anilines is 1. The van der Waals surface area contributed by atoms with Crippen LogP contribution in [0.5, 0.6) is 0 Å². The highest BCUT2D eigenvalue weighted by Crippen LogP contribution is 2.19. The number of amides is 2. The summed E-state index contributed by atoms with van der Waals surface area (Å²) in [5, 5.41) is 7.61. The molecule has 0 spiro atoms. The smallest absolute Gasteiger partial charge is 0.407 e. The normalized spacial score (nSPS) is 13.7. The van der Waals surface area contributed by atoms with Gasteiger partial charge in [0.15, 0.2) is 0 Å². The first-order chi connectivity index (χ1) is 19.1. The Hall–Kier alpha value is -4.00. The fourth-order valence-corrected chi connectivity index (χ4v) is 5.04. The summed E-state index contributed by atoms with van der Waals surface area (Å²) in [5.74, 6) is -0.424. The van der Waals surface area contributed by atoms with E-state index in [0.29, 0.717) is 12.1 Å². The number of benzene rings is 2. The Kier molecular flexibility index (Phi) is 11.0. The average Bonchev–Trinajstić information content (AvgIpc) is 3.47. The predicted molar refractivity (Wildman–Crippen MR) is 157 cm³/mol. The maximum Gasteiger partial charge on any atom is 0.407 e. The molecule has 2 aromatic carbocycles. The van der Waals surface area contributed by atoms with Gasteiger partial charge in [-0.15, -0.1) is 11.3 Å². The zero-order valence-electron chi connectivity index (χ0n) is 22.3. The van der Waals surface area contributed by atoms with Gasteiger partial charge in [0.2, 0.25) is 5.91 Å². The minimum atomic E-state index is -4.41. The third kappa shape index (κ3) is 9.63. The summed E-state index contributed by atoms with van der Waals surface area (Å²) in [6, 6.07) is 18.1. The van der Waals surface area contributed by atoms with E-state index in [1.54, 1.807) is 23.5 Å². The first-order valence-corrected chi connectivity index (χ1v) is 14.7. The lowest BCUT2D eigenvalue weighted by molar-refractivity contribution is -0.123. The molecule has 1 aromatic heterocycles. The van der Waals surface area contributed by atoms with Crippen LogP contribution in [-0.2, 0) is 32.7 Å². The average molecular weight is 585 g/mol. The Morgan fingerprint density at radius 1 is 0.975 bits per heavy atom. The van der Waals surface area contributed by atoms with Gasteiger partial charge in [0.1, 0.15) is 6.04 Å². The number of carbonyl (C=O) groups is 2. The van der Waals surface area contributed by atoms with Crippen LogP contribution in [-0.4, -0.2) is 49.9 Å².